The maximum atomic E-state index is 14.5. The molecule has 1 aliphatic heterocycles. The van der Waals surface area contributed by atoms with Gasteiger partial charge in [-0.2, -0.15) is 0 Å². The SMILES string of the molecule is COC(=O)c1ccc(F)c(-c2c(F)cc(C3(O)CCOC3)cc2F)n1. The predicted octanol–water partition coefficient (Wildman–Crippen LogP) is 2.56. The van der Waals surface area contributed by atoms with Gasteiger partial charge < -0.3 is 14.6 Å². The second kappa shape index (κ2) is 6.45. The first kappa shape index (κ1) is 17.4. The highest BCUT2D eigenvalue weighted by Crippen LogP contribution is 2.35. The van der Waals surface area contributed by atoms with E-state index in [-0.39, 0.29) is 30.9 Å². The highest BCUT2D eigenvalue weighted by molar-refractivity contribution is 5.87. The van der Waals surface area contributed by atoms with Crippen LogP contribution >= 0.6 is 0 Å². The summed E-state index contributed by atoms with van der Waals surface area (Å²) in [5.74, 6) is -4.08. The molecule has 1 aromatic carbocycles. The fourth-order valence-electron chi connectivity index (χ4n) is 2.69. The third-order valence-electron chi connectivity index (χ3n) is 4.06. The number of methoxy groups -OCH3 is 1. The number of hydrogen-bond donors (Lipinski definition) is 1. The normalized spacial score (nSPS) is 19.9. The number of nitrogens with zero attached hydrogens (tertiary/aromatic N) is 1. The van der Waals surface area contributed by atoms with Gasteiger partial charge in [0.05, 0.1) is 19.3 Å². The van der Waals surface area contributed by atoms with Crippen LogP contribution in [0.1, 0.15) is 22.5 Å². The topological polar surface area (TPSA) is 68.7 Å². The molecule has 3 rings (SSSR count). The van der Waals surface area contributed by atoms with Gasteiger partial charge >= 0.3 is 5.97 Å². The molecular weight excluding hydrogens is 339 g/mol. The Kier molecular flexibility index (Phi) is 4.49. The smallest absolute Gasteiger partial charge is 0.356 e. The van der Waals surface area contributed by atoms with Crippen molar-refractivity contribution in [3.63, 3.8) is 0 Å². The molecule has 25 heavy (non-hydrogen) atoms. The van der Waals surface area contributed by atoms with Crippen molar-refractivity contribution in [3.8, 4) is 11.3 Å². The highest BCUT2D eigenvalue weighted by Gasteiger charge is 2.36. The lowest BCUT2D eigenvalue weighted by molar-refractivity contribution is 0.0227. The number of aromatic nitrogens is 1. The summed E-state index contributed by atoms with van der Waals surface area (Å²) in [6, 6.07) is 3.76. The molecule has 1 fully saturated rings. The maximum Gasteiger partial charge on any atom is 0.356 e. The van der Waals surface area contributed by atoms with Gasteiger partial charge in [0.25, 0.3) is 0 Å². The van der Waals surface area contributed by atoms with Crippen LogP contribution < -0.4 is 0 Å². The van der Waals surface area contributed by atoms with E-state index in [0.717, 1.165) is 31.4 Å². The summed E-state index contributed by atoms with van der Waals surface area (Å²) in [5.41, 5.74) is -3.17. The van der Waals surface area contributed by atoms with E-state index in [4.69, 9.17) is 4.74 Å². The van der Waals surface area contributed by atoms with E-state index in [1.807, 2.05) is 0 Å². The van der Waals surface area contributed by atoms with Gasteiger partial charge in [-0.05, 0) is 29.8 Å². The quantitative estimate of drug-likeness (QED) is 0.859. The number of pyridine rings is 1. The molecule has 1 unspecified atom stereocenters. The van der Waals surface area contributed by atoms with E-state index in [1.165, 1.54) is 0 Å². The maximum absolute atomic E-state index is 14.5. The zero-order valence-corrected chi connectivity index (χ0v) is 13.2. The van der Waals surface area contributed by atoms with Crippen molar-refractivity contribution in [3.05, 3.63) is 53.0 Å². The number of carbonyl (C=O) groups is 1. The number of halogens is 3. The van der Waals surface area contributed by atoms with Crippen molar-refractivity contribution >= 4 is 5.97 Å². The monoisotopic (exact) mass is 353 g/mol. The minimum Gasteiger partial charge on any atom is -0.464 e. The molecular formula is C17H14F3NO4. The predicted molar refractivity (Wildman–Crippen MR) is 80.2 cm³/mol. The van der Waals surface area contributed by atoms with Crippen molar-refractivity contribution < 1.29 is 32.5 Å². The Morgan fingerprint density at radius 1 is 1.24 bits per heavy atom. The minimum absolute atomic E-state index is 0.00622. The molecule has 1 aromatic heterocycles. The summed E-state index contributed by atoms with van der Waals surface area (Å²) in [6.45, 7) is 0.175. The fourth-order valence-corrected chi connectivity index (χ4v) is 2.69. The molecule has 0 aliphatic carbocycles. The number of carbonyl (C=O) groups excluding carboxylic acids is 1. The number of benzene rings is 1. The third kappa shape index (κ3) is 3.10. The fraction of sp³-hybridized carbons (Fsp3) is 0.294. The molecule has 0 spiro atoms. The first-order chi connectivity index (χ1) is 11.9. The van der Waals surface area contributed by atoms with Gasteiger partial charge in [-0.3, -0.25) is 0 Å². The van der Waals surface area contributed by atoms with Gasteiger partial charge in [0.2, 0.25) is 0 Å². The van der Waals surface area contributed by atoms with Gasteiger partial charge in [-0.25, -0.2) is 22.9 Å². The Bertz CT molecular complexity index is 812. The van der Waals surface area contributed by atoms with Crippen LogP contribution in [0.3, 0.4) is 0 Å². The summed E-state index contributed by atoms with van der Waals surface area (Å²) >= 11 is 0. The first-order valence-corrected chi connectivity index (χ1v) is 7.40. The van der Waals surface area contributed by atoms with Crippen LogP contribution in [0.4, 0.5) is 13.2 Å². The Morgan fingerprint density at radius 2 is 1.92 bits per heavy atom. The second-order valence-electron chi connectivity index (χ2n) is 5.67. The van der Waals surface area contributed by atoms with Crippen molar-refractivity contribution in [1.29, 1.82) is 0 Å². The largest absolute Gasteiger partial charge is 0.464 e. The summed E-state index contributed by atoms with van der Waals surface area (Å²) in [4.78, 5) is 15.2. The standard InChI is InChI=1S/C17H14F3NO4/c1-24-16(22)13-3-2-10(18)15(21-13)14-11(19)6-9(7-12(14)20)17(23)4-5-25-8-17/h2-3,6-7,23H,4-5,8H2,1H3. The van der Waals surface area contributed by atoms with Gasteiger partial charge in [-0.15, -0.1) is 0 Å². The van der Waals surface area contributed by atoms with Crippen LogP contribution in [0.15, 0.2) is 24.3 Å². The van der Waals surface area contributed by atoms with Crippen LogP contribution in [-0.4, -0.2) is 36.4 Å². The number of rotatable bonds is 3. The summed E-state index contributed by atoms with van der Waals surface area (Å²) in [6.07, 6.45) is 0.190. The lowest BCUT2D eigenvalue weighted by atomic mass is 9.91. The van der Waals surface area contributed by atoms with Crippen molar-refractivity contribution in [2.24, 2.45) is 0 Å². The average molecular weight is 353 g/mol. The molecule has 5 nitrogen and oxygen atoms in total. The molecule has 1 N–H and O–H groups in total. The molecule has 2 aromatic rings. The van der Waals surface area contributed by atoms with E-state index in [9.17, 15) is 23.1 Å². The first-order valence-electron chi connectivity index (χ1n) is 7.40. The minimum atomic E-state index is -1.50. The second-order valence-corrected chi connectivity index (χ2v) is 5.67. The van der Waals surface area contributed by atoms with Crippen molar-refractivity contribution in [2.45, 2.75) is 12.0 Å². The Balaban J connectivity index is 2.11. The van der Waals surface area contributed by atoms with Gasteiger partial charge in [0, 0.05) is 13.0 Å². The van der Waals surface area contributed by atoms with E-state index >= 15 is 0 Å². The van der Waals surface area contributed by atoms with Crippen LogP contribution in [0.2, 0.25) is 0 Å². The van der Waals surface area contributed by atoms with Crippen molar-refractivity contribution in [2.75, 3.05) is 20.3 Å². The van der Waals surface area contributed by atoms with Crippen LogP contribution in [0.25, 0.3) is 11.3 Å². The van der Waals surface area contributed by atoms with E-state index in [1.54, 1.807) is 0 Å². The number of hydrogen-bond acceptors (Lipinski definition) is 5. The van der Waals surface area contributed by atoms with Gasteiger partial charge in [-0.1, -0.05) is 0 Å². The molecule has 8 heteroatoms. The summed E-state index contributed by atoms with van der Waals surface area (Å²) in [5, 5.41) is 10.4. The van der Waals surface area contributed by atoms with Gasteiger partial charge in [0.1, 0.15) is 34.4 Å². The lowest BCUT2D eigenvalue weighted by Crippen LogP contribution is -2.26. The van der Waals surface area contributed by atoms with Crippen LogP contribution in [0.5, 0.6) is 0 Å². The average Bonchev–Trinajstić information content (AvgIpc) is 3.03. The molecule has 132 valence electrons. The zero-order chi connectivity index (χ0) is 18.2. The molecule has 1 saturated heterocycles. The highest BCUT2D eigenvalue weighted by atomic mass is 19.1. The molecule has 0 radical (unpaired) electrons. The Labute approximate surface area is 141 Å². The Morgan fingerprint density at radius 3 is 2.48 bits per heavy atom. The third-order valence-corrected chi connectivity index (χ3v) is 4.06. The molecule has 0 saturated carbocycles. The molecule has 1 atom stereocenters. The number of ether oxygens (including phenoxy) is 2. The van der Waals surface area contributed by atoms with E-state index in [0.29, 0.717) is 0 Å². The van der Waals surface area contributed by atoms with E-state index < -0.39 is 40.3 Å². The van der Waals surface area contributed by atoms with Crippen LogP contribution in [-0.2, 0) is 15.1 Å². The number of esters is 1. The van der Waals surface area contributed by atoms with Crippen LogP contribution in [0, 0.1) is 17.5 Å². The lowest BCUT2D eigenvalue weighted by Gasteiger charge is -2.21. The molecule has 2 heterocycles. The molecule has 0 amide bonds. The zero-order valence-electron chi connectivity index (χ0n) is 13.2. The molecule has 0 bridgehead atoms. The molecule has 1 aliphatic rings. The summed E-state index contributed by atoms with van der Waals surface area (Å²) < 4.78 is 52.6. The van der Waals surface area contributed by atoms with Gasteiger partial charge in [0.15, 0.2) is 0 Å². The summed E-state index contributed by atoms with van der Waals surface area (Å²) in [7, 11) is 1.10. The van der Waals surface area contributed by atoms with E-state index in [2.05, 4.69) is 9.72 Å². The van der Waals surface area contributed by atoms with Crippen molar-refractivity contribution in [1.82, 2.24) is 4.98 Å². The number of aliphatic hydroxyl groups is 1. The Hall–Kier alpha value is -2.45.